The molecule has 1 aromatic carbocycles. The van der Waals surface area contributed by atoms with Gasteiger partial charge < -0.3 is 19.7 Å². The first-order valence-corrected chi connectivity index (χ1v) is 7.29. The number of likely N-dealkylation sites (N-methyl/N-ethyl adjacent to an activating group) is 1. The third-order valence-electron chi connectivity index (χ3n) is 2.94. The number of benzene rings is 1. The molecule has 0 saturated carbocycles. The monoisotopic (exact) mass is 322 g/mol. The third-order valence-corrected chi connectivity index (χ3v) is 2.94. The zero-order valence-electron chi connectivity index (χ0n) is 13.6. The molecule has 0 fully saturated rings. The van der Waals surface area contributed by atoms with E-state index in [4.69, 9.17) is 9.47 Å². The van der Waals surface area contributed by atoms with Crippen molar-refractivity contribution in [2.24, 2.45) is 0 Å². The molecule has 0 aromatic heterocycles. The van der Waals surface area contributed by atoms with Gasteiger partial charge in [0.1, 0.15) is 5.75 Å². The van der Waals surface area contributed by atoms with Gasteiger partial charge in [0.25, 0.3) is 5.91 Å². The summed E-state index contributed by atoms with van der Waals surface area (Å²) in [5, 5.41) is 2.38. The van der Waals surface area contributed by atoms with Crippen molar-refractivity contribution in [3.05, 3.63) is 30.3 Å². The van der Waals surface area contributed by atoms with Gasteiger partial charge in [0.15, 0.2) is 12.7 Å². The number of rotatable bonds is 8. The molecule has 0 spiro atoms. The molecule has 0 aliphatic carbocycles. The average molecular weight is 322 g/mol. The van der Waals surface area contributed by atoms with Crippen molar-refractivity contribution in [2.45, 2.75) is 19.4 Å². The van der Waals surface area contributed by atoms with Gasteiger partial charge in [-0.3, -0.25) is 9.59 Å². The number of para-hydroxylation sites is 1. The lowest BCUT2D eigenvalue weighted by Gasteiger charge is -2.16. The van der Waals surface area contributed by atoms with Crippen LogP contribution in [0.3, 0.4) is 0 Å². The number of carbonyl (C=O) groups excluding carboxylic acids is 3. The molecule has 1 rings (SSSR count). The van der Waals surface area contributed by atoms with E-state index in [1.807, 2.05) is 6.07 Å². The Bertz CT molecular complexity index is 531. The number of nitrogens with one attached hydrogen (secondary N) is 1. The Balaban J connectivity index is 2.38. The molecule has 7 heteroatoms. The minimum atomic E-state index is -0.784. The first-order chi connectivity index (χ1) is 10.9. The number of amides is 2. The highest BCUT2D eigenvalue weighted by atomic mass is 16.6. The summed E-state index contributed by atoms with van der Waals surface area (Å²) >= 11 is 0. The zero-order valence-corrected chi connectivity index (χ0v) is 13.6. The van der Waals surface area contributed by atoms with Gasteiger partial charge in [-0.15, -0.1) is 0 Å². The first kappa shape index (κ1) is 18.5. The molecule has 0 radical (unpaired) electrons. The minimum Gasteiger partial charge on any atom is -0.479 e. The van der Waals surface area contributed by atoms with E-state index in [2.05, 4.69) is 5.32 Å². The van der Waals surface area contributed by atoms with E-state index in [0.29, 0.717) is 12.2 Å². The van der Waals surface area contributed by atoms with Gasteiger partial charge >= 0.3 is 5.97 Å². The summed E-state index contributed by atoms with van der Waals surface area (Å²) in [6, 6.07) is 8.89. The van der Waals surface area contributed by atoms with Crippen LogP contribution in [0.2, 0.25) is 0 Å². The molecule has 1 aromatic rings. The maximum absolute atomic E-state index is 11.9. The van der Waals surface area contributed by atoms with E-state index in [0.717, 1.165) is 0 Å². The van der Waals surface area contributed by atoms with Crippen molar-refractivity contribution < 1.29 is 23.9 Å². The van der Waals surface area contributed by atoms with Crippen LogP contribution >= 0.6 is 0 Å². The van der Waals surface area contributed by atoms with E-state index < -0.39 is 24.6 Å². The number of nitrogens with zero attached hydrogens (tertiary/aromatic N) is 1. The number of ether oxygens (including phenoxy) is 2. The predicted octanol–water partition coefficient (Wildman–Crippen LogP) is 0.592. The second kappa shape index (κ2) is 9.45. The summed E-state index contributed by atoms with van der Waals surface area (Å²) in [6.45, 7) is 1.19. The van der Waals surface area contributed by atoms with Crippen LogP contribution in [-0.4, -0.2) is 56.0 Å². The number of hydrogen-bond acceptors (Lipinski definition) is 5. The van der Waals surface area contributed by atoms with Gasteiger partial charge in [-0.1, -0.05) is 25.1 Å². The van der Waals surface area contributed by atoms with Crippen molar-refractivity contribution in [2.75, 3.05) is 27.2 Å². The number of hydrogen-bond donors (Lipinski definition) is 1. The Morgan fingerprint density at radius 3 is 2.39 bits per heavy atom. The highest BCUT2D eigenvalue weighted by molar-refractivity contribution is 5.86. The van der Waals surface area contributed by atoms with Crippen LogP contribution in [0.1, 0.15) is 13.3 Å². The molecule has 0 bridgehead atoms. The van der Waals surface area contributed by atoms with Crippen molar-refractivity contribution in [1.82, 2.24) is 10.2 Å². The summed E-state index contributed by atoms with van der Waals surface area (Å²) < 4.78 is 10.4. The number of carbonyl (C=O) groups is 3. The van der Waals surface area contributed by atoms with E-state index >= 15 is 0 Å². The van der Waals surface area contributed by atoms with Crippen LogP contribution < -0.4 is 10.1 Å². The van der Waals surface area contributed by atoms with E-state index in [-0.39, 0.29) is 12.5 Å². The van der Waals surface area contributed by atoms with Gasteiger partial charge in [-0.25, -0.2) is 4.79 Å². The SMILES string of the molecule is CC[C@@H](Oc1ccccc1)C(=O)OCC(=O)NCC(=O)N(C)C. The Kier molecular flexibility index (Phi) is 7.59. The van der Waals surface area contributed by atoms with E-state index in [9.17, 15) is 14.4 Å². The first-order valence-electron chi connectivity index (χ1n) is 7.29. The molecule has 7 nitrogen and oxygen atoms in total. The molecule has 1 atom stereocenters. The van der Waals surface area contributed by atoms with Crippen LogP contribution in [-0.2, 0) is 19.1 Å². The smallest absolute Gasteiger partial charge is 0.347 e. The standard InChI is InChI=1S/C16H22N2O5/c1-4-13(23-12-8-6-5-7-9-12)16(21)22-11-14(19)17-10-15(20)18(2)3/h5-9,13H,4,10-11H2,1-3H3,(H,17,19)/t13-/m1/s1. The van der Waals surface area contributed by atoms with Crippen LogP contribution in [0.15, 0.2) is 30.3 Å². The molecular weight excluding hydrogens is 300 g/mol. The second-order valence-electron chi connectivity index (χ2n) is 5.00. The Morgan fingerprint density at radius 2 is 1.83 bits per heavy atom. The molecule has 0 unspecified atom stereocenters. The summed E-state index contributed by atoms with van der Waals surface area (Å²) in [7, 11) is 3.17. The Labute approximate surface area is 135 Å². The lowest BCUT2D eigenvalue weighted by Crippen LogP contribution is -2.39. The largest absolute Gasteiger partial charge is 0.479 e. The van der Waals surface area contributed by atoms with Crippen LogP contribution in [0.25, 0.3) is 0 Å². The molecule has 1 N–H and O–H groups in total. The molecular formula is C16H22N2O5. The molecule has 2 amide bonds. The van der Waals surface area contributed by atoms with Crippen LogP contribution in [0, 0.1) is 0 Å². The quantitative estimate of drug-likeness (QED) is 0.708. The maximum atomic E-state index is 11.9. The molecule has 0 saturated heterocycles. The maximum Gasteiger partial charge on any atom is 0.347 e. The predicted molar refractivity (Wildman–Crippen MR) is 83.8 cm³/mol. The molecule has 0 heterocycles. The van der Waals surface area contributed by atoms with E-state index in [1.165, 1.54) is 4.90 Å². The van der Waals surface area contributed by atoms with Crippen molar-refractivity contribution in [3.8, 4) is 5.75 Å². The second-order valence-corrected chi connectivity index (χ2v) is 5.00. The summed E-state index contributed by atoms with van der Waals surface area (Å²) in [5.74, 6) is -0.852. The summed E-state index contributed by atoms with van der Waals surface area (Å²) in [6.07, 6.45) is -0.373. The Morgan fingerprint density at radius 1 is 1.17 bits per heavy atom. The van der Waals surface area contributed by atoms with Gasteiger partial charge in [0.2, 0.25) is 5.91 Å². The van der Waals surface area contributed by atoms with Gasteiger partial charge in [0, 0.05) is 14.1 Å². The molecule has 0 aliphatic rings. The van der Waals surface area contributed by atoms with Crippen LogP contribution in [0.5, 0.6) is 5.75 Å². The summed E-state index contributed by atoms with van der Waals surface area (Å²) in [4.78, 5) is 36.2. The van der Waals surface area contributed by atoms with Gasteiger partial charge in [-0.2, -0.15) is 0 Å². The van der Waals surface area contributed by atoms with Crippen molar-refractivity contribution in [1.29, 1.82) is 0 Å². The van der Waals surface area contributed by atoms with Crippen molar-refractivity contribution in [3.63, 3.8) is 0 Å². The number of esters is 1. The summed E-state index contributed by atoms with van der Waals surface area (Å²) in [5.41, 5.74) is 0. The fourth-order valence-electron chi connectivity index (χ4n) is 1.57. The minimum absolute atomic E-state index is 0.138. The highest BCUT2D eigenvalue weighted by Crippen LogP contribution is 2.13. The molecule has 126 valence electrons. The lowest BCUT2D eigenvalue weighted by atomic mass is 10.2. The topological polar surface area (TPSA) is 84.9 Å². The average Bonchev–Trinajstić information content (AvgIpc) is 2.56. The fourth-order valence-corrected chi connectivity index (χ4v) is 1.57. The third kappa shape index (κ3) is 6.82. The zero-order chi connectivity index (χ0) is 17.2. The molecule has 0 aliphatic heterocycles. The van der Waals surface area contributed by atoms with Crippen molar-refractivity contribution >= 4 is 17.8 Å². The fraction of sp³-hybridized carbons (Fsp3) is 0.438. The van der Waals surface area contributed by atoms with Gasteiger partial charge in [-0.05, 0) is 18.6 Å². The van der Waals surface area contributed by atoms with Crippen LogP contribution in [0.4, 0.5) is 0 Å². The molecule has 23 heavy (non-hydrogen) atoms. The highest BCUT2D eigenvalue weighted by Gasteiger charge is 2.21. The Hall–Kier alpha value is -2.57. The lowest BCUT2D eigenvalue weighted by molar-refractivity contribution is -0.155. The van der Waals surface area contributed by atoms with Gasteiger partial charge in [0.05, 0.1) is 6.54 Å². The van der Waals surface area contributed by atoms with E-state index in [1.54, 1.807) is 45.3 Å². The normalized spacial score (nSPS) is 11.3.